The van der Waals surface area contributed by atoms with Crippen molar-refractivity contribution < 1.29 is 14.3 Å². The molecule has 1 aliphatic carbocycles. The predicted molar refractivity (Wildman–Crippen MR) is 76.4 cm³/mol. The Morgan fingerprint density at radius 1 is 1.20 bits per heavy atom. The largest absolute Gasteiger partial charge is 0.485 e. The topological polar surface area (TPSA) is 47.6 Å². The molecular formula is C15H18ClNO3. The van der Waals surface area contributed by atoms with Gasteiger partial charge in [-0.2, -0.15) is 0 Å². The van der Waals surface area contributed by atoms with Crippen LogP contribution in [0.15, 0.2) is 24.3 Å². The van der Waals surface area contributed by atoms with Gasteiger partial charge in [0.25, 0.3) is 5.91 Å². The van der Waals surface area contributed by atoms with E-state index in [4.69, 9.17) is 21.1 Å². The van der Waals surface area contributed by atoms with Gasteiger partial charge in [0.15, 0.2) is 11.5 Å². The molecule has 0 radical (unpaired) electrons. The summed E-state index contributed by atoms with van der Waals surface area (Å²) in [7, 11) is 0. The van der Waals surface area contributed by atoms with Gasteiger partial charge in [-0.25, -0.2) is 0 Å². The molecule has 1 fully saturated rings. The molecule has 2 aliphatic rings. The second-order valence-corrected chi connectivity index (χ2v) is 5.84. The van der Waals surface area contributed by atoms with Crippen molar-refractivity contribution in [3.8, 4) is 11.5 Å². The monoisotopic (exact) mass is 295 g/mol. The minimum Gasteiger partial charge on any atom is -0.485 e. The minimum absolute atomic E-state index is 0.0181. The summed E-state index contributed by atoms with van der Waals surface area (Å²) in [5.74, 6) is 1.16. The van der Waals surface area contributed by atoms with Crippen molar-refractivity contribution in [3.05, 3.63) is 24.3 Å². The molecule has 3 unspecified atom stereocenters. The van der Waals surface area contributed by atoms with Crippen molar-refractivity contribution in [2.75, 3.05) is 6.61 Å². The van der Waals surface area contributed by atoms with Gasteiger partial charge in [0.1, 0.15) is 6.61 Å². The number of alkyl halides is 1. The van der Waals surface area contributed by atoms with Gasteiger partial charge in [-0.3, -0.25) is 4.79 Å². The number of carbonyl (C=O) groups is 1. The molecule has 1 heterocycles. The summed E-state index contributed by atoms with van der Waals surface area (Å²) >= 11 is 6.26. The van der Waals surface area contributed by atoms with Crippen molar-refractivity contribution in [2.24, 2.45) is 0 Å². The average Bonchev–Trinajstić information content (AvgIpc) is 2.49. The normalized spacial score (nSPS) is 28.8. The van der Waals surface area contributed by atoms with Gasteiger partial charge < -0.3 is 14.8 Å². The number of nitrogens with one attached hydrogen (secondary N) is 1. The highest BCUT2D eigenvalue weighted by Gasteiger charge is 2.31. The van der Waals surface area contributed by atoms with Gasteiger partial charge >= 0.3 is 0 Å². The fraction of sp³-hybridized carbons (Fsp3) is 0.533. The number of ether oxygens (including phenoxy) is 2. The van der Waals surface area contributed by atoms with Gasteiger partial charge in [-0.1, -0.05) is 25.0 Å². The smallest absolute Gasteiger partial charge is 0.264 e. The lowest BCUT2D eigenvalue weighted by atomic mass is 9.95. The van der Waals surface area contributed by atoms with E-state index in [1.54, 1.807) is 6.07 Å². The van der Waals surface area contributed by atoms with E-state index in [2.05, 4.69) is 5.32 Å². The molecule has 20 heavy (non-hydrogen) atoms. The van der Waals surface area contributed by atoms with Crippen molar-refractivity contribution in [3.63, 3.8) is 0 Å². The number of halogens is 1. The maximum atomic E-state index is 12.2. The third-order valence-electron chi connectivity index (χ3n) is 3.81. The lowest BCUT2D eigenvalue weighted by Crippen LogP contribution is -2.50. The van der Waals surface area contributed by atoms with Crippen molar-refractivity contribution in [1.82, 2.24) is 5.32 Å². The fourth-order valence-electron chi connectivity index (χ4n) is 2.67. The maximum Gasteiger partial charge on any atom is 0.264 e. The van der Waals surface area contributed by atoms with E-state index >= 15 is 0 Å². The number of amides is 1. The van der Waals surface area contributed by atoms with Crippen LogP contribution in [0.3, 0.4) is 0 Å². The second-order valence-electron chi connectivity index (χ2n) is 5.28. The van der Waals surface area contributed by atoms with E-state index in [0.717, 1.165) is 25.7 Å². The third kappa shape index (κ3) is 2.85. The number of rotatable bonds is 2. The molecule has 3 rings (SSSR count). The minimum atomic E-state index is -0.601. The summed E-state index contributed by atoms with van der Waals surface area (Å²) < 4.78 is 11.2. The van der Waals surface area contributed by atoms with Gasteiger partial charge in [-0.05, 0) is 25.0 Å². The lowest BCUT2D eigenvalue weighted by Gasteiger charge is -2.31. The standard InChI is InChI=1S/C15H18ClNO3/c16-10-5-1-2-6-11(10)17-15(18)14-9-19-12-7-3-4-8-13(12)20-14/h3-4,7-8,10-11,14H,1-2,5-6,9H2,(H,17,18). The van der Waals surface area contributed by atoms with Gasteiger partial charge in [0, 0.05) is 6.04 Å². The Morgan fingerprint density at radius 2 is 1.95 bits per heavy atom. The Balaban J connectivity index is 1.61. The molecule has 0 aromatic heterocycles. The number of carbonyl (C=O) groups excluding carboxylic acids is 1. The number of fused-ring (bicyclic) bond motifs is 1. The first kappa shape index (κ1) is 13.6. The highest BCUT2D eigenvalue weighted by atomic mass is 35.5. The molecule has 3 atom stereocenters. The molecule has 1 N–H and O–H groups in total. The van der Waals surface area contributed by atoms with Crippen LogP contribution in [-0.2, 0) is 4.79 Å². The quantitative estimate of drug-likeness (QED) is 0.853. The van der Waals surface area contributed by atoms with Crippen molar-refractivity contribution in [1.29, 1.82) is 0 Å². The molecule has 1 aliphatic heterocycles. The predicted octanol–water partition coefficient (Wildman–Crippen LogP) is 2.49. The molecule has 1 aromatic rings. The van der Waals surface area contributed by atoms with Crippen LogP contribution in [0, 0.1) is 0 Å². The van der Waals surface area contributed by atoms with Gasteiger partial charge in [-0.15, -0.1) is 11.6 Å². The lowest BCUT2D eigenvalue weighted by molar-refractivity contribution is -0.131. The summed E-state index contributed by atoms with van der Waals surface area (Å²) in [6.07, 6.45) is 3.54. The first-order valence-electron chi connectivity index (χ1n) is 7.07. The van der Waals surface area contributed by atoms with Crippen LogP contribution in [0.5, 0.6) is 11.5 Å². The molecule has 108 valence electrons. The number of hydrogen-bond donors (Lipinski definition) is 1. The van der Waals surface area contributed by atoms with E-state index in [1.165, 1.54) is 0 Å². The summed E-state index contributed by atoms with van der Waals surface area (Å²) in [6, 6.07) is 7.42. The second kappa shape index (κ2) is 5.92. The van der Waals surface area contributed by atoms with E-state index in [-0.39, 0.29) is 23.9 Å². The molecule has 1 saturated carbocycles. The average molecular weight is 296 g/mol. The molecule has 0 spiro atoms. The highest BCUT2D eigenvalue weighted by Crippen LogP contribution is 2.31. The first-order chi connectivity index (χ1) is 9.74. The van der Waals surface area contributed by atoms with E-state index in [1.807, 2.05) is 18.2 Å². The van der Waals surface area contributed by atoms with Crippen LogP contribution in [0.4, 0.5) is 0 Å². The SMILES string of the molecule is O=C(NC1CCCCC1Cl)C1COc2ccccc2O1. The maximum absolute atomic E-state index is 12.2. The summed E-state index contributed by atoms with van der Waals surface area (Å²) in [4.78, 5) is 12.2. The van der Waals surface area contributed by atoms with Crippen molar-refractivity contribution in [2.45, 2.75) is 43.2 Å². The molecule has 5 heteroatoms. The van der Waals surface area contributed by atoms with Crippen LogP contribution in [0.2, 0.25) is 0 Å². The Morgan fingerprint density at radius 3 is 2.75 bits per heavy atom. The summed E-state index contributed by atoms with van der Waals surface area (Å²) in [5, 5.41) is 3.01. The van der Waals surface area contributed by atoms with Crippen LogP contribution in [0.25, 0.3) is 0 Å². The highest BCUT2D eigenvalue weighted by molar-refractivity contribution is 6.21. The zero-order valence-corrected chi connectivity index (χ0v) is 11.9. The van der Waals surface area contributed by atoms with Gasteiger partial charge in [0.2, 0.25) is 6.10 Å². The Hall–Kier alpha value is -1.42. The van der Waals surface area contributed by atoms with Crippen molar-refractivity contribution >= 4 is 17.5 Å². The molecule has 1 amide bonds. The van der Waals surface area contributed by atoms with Crippen LogP contribution in [-0.4, -0.2) is 30.0 Å². The van der Waals surface area contributed by atoms with Crippen LogP contribution < -0.4 is 14.8 Å². The van der Waals surface area contributed by atoms with Crippen LogP contribution >= 0.6 is 11.6 Å². The summed E-state index contributed by atoms with van der Waals surface area (Å²) in [6.45, 7) is 0.239. The van der Waals surface area contributed by atoms with E-state index < -0.39 is 6.10 Å². The molecule has 0 saturated heterocycles. The third-order valence-corrected chi connectivity index (χ3v) is 4.33. The molecule has 0 bridgehead atoms. The number of para-hydroxylation sites is 2. The number of hydrogen-bond acceptors (Lipinski definition) is 3. The zero-order valence-electron chi connectivity index (χ0n) is 11.2. The Bertz CT molecular complexity index is 494. The summed E-state index contributed by atoms with van der Waals surface area (Å²) in [5.41, 5.74) is 0. The zero-order chi connectivity index (χ0) is 13.9. The van der Waals surface area contributed by atoms with E-state index in [9.17, 15) is 4.79 Å². The number of benzene rings is 1. The first-order valence-corrected chi connectivity index (χ1v) is 7.50. The Labute approximate surface area is 123 Å². The van der Waals surface area contributed by atoms with Gasteiger partial charge in [0.05, 0.1) is 5.38 Å². The molecule has 1 aromatic carbocycles. The fourth-order valence-corrected chi connectivity index (χ4v) is 3.02. The molecule has 4 nitrogen and oxygen atoms in total. The Kier molecular flexibility index (Phi) is 4.01. The van der Waals surface area contributed by atoms with Crippen LogP contribution in [0.1, 0.15) is 25.7 Å². The molecular weight excluding hydrogens is 278 g/mol. The van der Waals surface area contributed by atoms with E-state index in [0.29, 0.717) is 11.5 Å².